The summed E-state index contributed by atoms with van der Waals surface area (Å²) in [6, 6.07) is -0.370. The summed E-state index contributed by atoms with van der Waals surface area (Å²) < 4.78 is 0. The standard InChI is InChI=1S/C16H31N3O3.2C2H6.CH2O2/c1-4-14(20)13(17)8-5-6-10-18-15(21)9-7-11-19-16(22)12(2)3;2*1-2;2-1-3/h12-13H,4-11,17H2,1-3H3,(H,18,21)(H,19,22);2*1-2H3;1H,(H,2,3). The molecule has 2 amide bonds. The summed E-state index contributed by atoms with van der Waals surface area (Å²) in [6.45, 7) is 14.4. The number of amides is 2. The summed E-state index contributed by atoms with van der Waals surface area (Å²) in [4.78, 5) is 42.5. The minimum Gasteiger partial charge on any atom is -0.483 e. The molecule has 0 aromatic rings. The fourth-order valence-electron chi connectivity index (χ4n) is 1.89. The van der Waals surface area contributed by atoms with Crippen LogP contribution < -0.4 is 16.4 Å². The molecule has 0 aromatic heterocycles. The van der Waals surface area contributed by atoms with Crippen molar-refractivity contribution < 1.29 is 24.3 Å². The third kappa shape index (κ3) is 28.3. The quantitative estimate of drug-likeness (QED) is 0.283. The maximum atomic E-state index is 11.6. The Bertz CT molecular complexity index is 402. The number of carboxylic acid groups (broad SMARTS) is 1. The van der Waals surface area contributed by atoms with Gasteiger partial charge in [0.1, 0.15) is 5.78 Å². The third-order valence-corrected chi connectivity index (χ3v) is 3.43. The Morgan fingerprint density at radius 1 is 0.966 bits per heavy atom. The maximum Gasteiger partial charge on any atom is 0.290 e. The molecule has 8 heteroatoms. The van der Waals surface area contributed by atoms with E-state index in [1.54, 1.807) is 0 Å². The lowest BCUT2D eigenvalue weighted by Gasteiger charge is -2.10. The first-order valence-corrected chi connectivity index (χ1v) is 10.7. The number of rotatable bonds is 12. The highest BCUT2D eigenvalue weighted by Crippen LogP contribution is 2.01. The molecule has 0 fully saturated rings. The number of carbonyl (C=O) groups is 4. The molecule has 1 unspecified atom stereocenters. The van der Waals surface area contributed by atoms with Crippen LogP contribution in [0.3, 0.4) is 0 Å². The van der Waals surface area contributed by atoms with Crippen molar-refractivity contribution in [3.63, 3.8) is 0 Å². The molecule has 5 N–H and O–H groups in total. The fourth-order valence-corrected chi connectivity index (χ4v) is 1.89. The Hall–Kier alpha value is -1.96. The lowest BCUT2D eigenvalue weighted by atomic mass is 10.0. The predicted octanol–water partition coefficient (Wildman–Crippen LogP) is 2.88. The third-order valence-electron chi connectivity index (χ3n) is 3.43. The van der Waals surface area contributed by atoms with Gasteiger partial charge in [0.15, 0.2) is 0 Å². The molecule has 0 saturated carbocycles. The van der Waals surface area contributed by atoms with Crippen molar-refractivity contribution in [1.82, 2.24) is 10.6 Å². The van der Waals surface area contributed by atoms with Gasteiger partial charge < -0.3 is 21.5 Å². The van der Waals surface area contributed by atoms with E-state index in [1.165, 1.54) is 0 Å². The predicted molar refractivity (Wildman–Crippen MR) is 119 cm³/mol. The number of carbonyl (C=O) groups excluding carboxylic acids is 3. The molecule has 0 aromatic carbocycles. The van der Waals surface area contributed by atoms with Gasteiger partial charge in [-0.05, 0) is 25.7 Å². The molecule has 1 atom stereocenters. The zero-order valence-corrected chi connectivity index (χ0v) is 19.5. The van der Waals surface area contributed by atoms with E-state index in [4.69, 9.17) is 15.6 Å². The van der Waals surface area contributed by atoms with Crippen LogP contribution in [0.15, 0.2) is 0 Å². The van der Waals surface area contributed by atoms with Crippen molar-refractivity contribution in [3.05, 3.63) is 0 Å². The van der Waals surface area contributed by atoms with E-state index in [9.17, 15) is 14.4 Å². The van der Waals surface area contributed by atoms with E-state index in [0.717, 1.165) is 12.8 Å². The van der Waals surface area contributed by atoms with Gasteiger partial charge in [0.05, 0.1) is 6.04 Å². The van der Waals surface area contributed by atoms with Gasteiger partial charge in [-0.3, -0.25) is 19.2 Å². The summed E-state index contributed by atoms with van der Waals surface area (Å²) in [5.74, 6) is 0.0679. The fraction of sp³-hybridized carbons (Fsp3) is 0.810. The second kappa shape index (κ2) is 28.3. The lowest BCUT2D eigenvalue weighted by molar-refractivity contribution is -0.124. The van der Waals surface area contributed by atoms with Crippen LogP contribution in [0.25, 0.3) is 0 Å². The zero-order valence-electron chi connectivity index (χ0n) is 19.5. The minimum atomic E-state index is -0.370. The Balaban J connectivity index is -0.000000394. The van der Waals surface area contributed by atoms with Crippen molar-refractivity contribution >= 4 is 24.1 Å². The summed E-state index contributed by atoms with van der Waals surface area (Å²) >= 11 is 0. The number of Topliss-reactive ketones (excluding diaryl/α,β-unsaturated/α-hetero) is 1. The number of hydrogen-bond acceptors (Lipinski definition) is 5. The molecule has 29 heavy (non-hydrogen) atoms. The molecule has 0 bridgehead atoms. The smallest absolute Gasteiger partial charge is 0.290 e. The number of nitrogens with one attached hydrogen (secondary N) is 2. The highest BCUT2D eigenvalue weighted by atomic mass is 16.3. The zero-order chi connectivity index (χ0) is 23.7. The Labute approximate surface area is 177 Å². The van der Waals surface area contributed by atoms with Crippen molar-refractivity contribution in [2.24, 2.45) is 11.7 Å². The highest BCUT2D eigenvalue weighted by molar-refractivity contribution is 5.83. The largest absolute Gasteiger partial charge is 0.483 e. The highest BCUT2D eigenvalue weighted by Gasteiger charge is 2.10. The Morgan fingerprint density at radius 2 is 1.45 bits per heavy atom. The van der Waals surface area contributed by atoms with Gasteiger partial charge in [0.2, 0.25) is 11.8 Å². The monoisotopic (exact) mass is 419 g/mol. The molecule has 0 aliphatic rings. The van der Waals surface area contributed by atoms with E-state index < -0.39 is 0 Å². The molecule has 0 spiro atoms. The second-order valence-electron chi connectivity index (χ2n) is 5.93. The Kier molecular flexibility index (Phi) is 33.6. The average Bonchev–Trinajstić information content (AvgIpc) is 2.73. The lowest BCUT2D eigenvalue weighted by Crippen LogP contribution is -2.31. The molecular weight excluding hydrogens is 374 g/mol. The van der Waals surface area contributed by atoms with Crippen molar-refractivity contribution in [2.45, 2.75) is 93.0 Å². The van der Waals surface area contributed by atoms with Crippen LogP contribution in [0.5, 0.6) is 0 Å². The maximum absolute atomic E-state index is 11.6. The van der Waals surface area contributed by atoms with Crippen LogP contribution in [0, 0.1) is 5.92 Å². The van der Waals surface area contributed by atoms with Gasteiger partial charge in [0.25, 0.3) is 6.47 Å². The molecule has 174 valence electrons. The molecule has 0 heterocycles. The van der Waals surface area contributed by atoms with Crippen LogP contribution in [-0.4, -0.2) is 48.3 Å². The molecule has 0 aliphatic heterocycles. The van der Waals surface area contributed by atoms with Crippen LogP contribution in [-0.2, 0) is 19.2 Å². The minimum absolute atomic E-state index is 0.00673. The summed E-state index contributed by atoms with van der Waals surface area (Å²) in [6.07, 6.45) is 3.85. The van der Waals surface area contributed by atoms with E-state index in [1.807, 2.05) is 48.5 Å². The van der Waals surface area contributed by atoms with Crippen LogP contribution in [0.1, 0.15) is 87.0 Å². The molecule has 0 radical (unpaired) electrons. The molecule has 0 aliphatic carbocycles. The van der Waals surface area contributed by atoms with Gasteiger partial charge in [-0.1, -0.05) is 48.5 Å². The van der Waals surface area contributed by atoms with E-state index in [2.05, 4.69) is 10.6 Å². The average molecular weight is 420 g/mol. The first-order valence-electron chi connectivity index (χ1n) is 10.7. The van der Waals surface area contributed by atoms with E-state index in [-0.39, 0.29) is 36.0 Å². The summed E-state index contributed by atoms with van der Waals surface area (Å²) in [5, 5.41) is 12.5. The van der Waals surface area contributed by atoms with Crippen molar-refractivity contribution in [1.29, 1.82) is 0 Å². The first kappa shape index (κ1) is 34.5. The van der Waals surface area contributed by atoms with E-state index >= 15 is 0 Å². The normalized spacial score (nSPS) is 9.97. The van der Waals surface area contributed by atoms with Crippen LogP contribution in [0.4, 0.5) is 0 Å². The van der Waals surface area contributed by atoms with Crippen LogP contribution >= 0.6 is 0 Å². The van der Waals surface area contributed by atoms with Crippen molar-refractivity contribution in [2.75, 3.05) is 13.1 Å². The summed E-state index contributed by atoms with van der Waals surface area (Å²) in [7, 11) is 0. The van der Waals surface area contributed by atoms with Gasteiger partial charge in [-0.2, -0.15) is 0 Å². The van der Waals surface area contributed by atoms with Gasteiger partial charge in [-0.25, -0.2) is 0 Å². The van der Waals surface area contributed by atoms with Gasteiger partial charge in [0, 0.05) is 31.8 Å². The van der Waals surface area contributed by atoms with Gasteiger partial charge in [-0.15, -0.1) is 0 Å². The van der Waals surface area contributed by atoms with Gasteiger partial charge >= 0.3 is 0 Å². The number of ketones is 1. The summed E-state index contributed by atoms with van der Waals surface area (Å²) in [5.41, 5.74) is 5.73. The molecular formula is C21H45N3O5. The SMILES string of the molecule is CC.CC.CCC(=O)C(N)CCCCNC(=O)CCCNC(=O)C(C)C.O=CO. The number of unbranched alkanes of at least 4 members (excludes halogenated alkanes) is 1. The Morgan fingerprint density at radius 3 is 1.90 bits per heavy atom. The van der Waals surface area contributed by atoms with Crippen LogP contribution in [0.2, 0.25) is 0 Å². The van der Waals surface area contributed by atoms with Crippen molar-refractivity contribution in [3.8, 4) is 0 Å². The number of nitrogens with two attached hydrogens (primary N) is 1. The molecule has 0 rings (SSSR count). The first-order chi connectivity index (χ1) is 13.8. The topological polar surface area (TPSA) is 139 Å². The van der Waals surface area contributed by atoms with E-state index in [0.29, 0.717) is 38.8 Å². The number of hydrogen-bond donors (Lipinski definition) is 4. The second-order valence-corrected chi connectivity index (χ2v) is 5.93. The molecule has 8 nitrogen and oxygen atoms in total. The molecule has 0 saturated heterocycles.